The summed E-state index contributed by atoms with van der Waals surface area (Å²) < 4.78 is 2.81. The van der Waals surface area contributed by atoms with E-state index in [1.165, 1.54) is 9.13 Å². The van der Waals surface area contributed by atoms with Gasteiger partial charge in [-0.25, -0.2) is 4.79 Å². The summed E-state index contributed by atoms with van der Waals surface area (Å²) in [5, 5.41) is 3.97. The molecule has 2 aromatic rings. The van der Waals surface area contributed by atoms with Gasteiger partial charge < -0.3 is 5.32 Å². The highest BCUT2D eigenvalue weighted by molar-refractivity contribution is 6.35. The van der Waals surface area contributed by atoms with E-state index >= 15 is 0 Å². The summed E-state index contributed by atoms with van der Waals surface area (Å²) in [6, 6.07) is 5.06. The van der Waals surface area contributed by atoms with E-state index in [2.05, 4.69) is 5.32 Å². The van der Waals surface area contributed by atoms with Gasteiger partial charge in [0.25, 0.3) is 5.56 Å². The molecule has 1 unspecified atom stereocenters. The van der Waals surface area contributed by atoms with Gasteiger partial charge in [-0.2, -0.15) is 0 Å². The van der Waals surface area contributed by atoms with Crippen LogP contribution < -0.4 is 16.6 Å². The number of aromatic nitrogens is 2. The Morgan fingerprint density at radius 1 is 1.37 bits per heavy atom. The van der Waals surface area contributed by atoms with Crippen molar-refractivity contribution in [2.45, 2.75) is 12.5 Å². The van der Waals surface area contributed by atoms with Crippen molar-refractivity contribution in [1.82, 2.24) is 14.5 Å². The lowest BCUT2D eigenvalue weighted by Gasteiger charge is -2.15. The lowest BCUT2D eigenvalue weighted by molar-refractivity contribution is 0.493. The molecule has 5 nitrogen and oxygen atoms in total. The predicted octanol–water partition coefficient (Wildman–Crippen LogP) is 0.888. The normalized spacial score (nSPS) is 19.2. The first-order chi connectivity index (χ1) is 9.11. The minimum atomic E-state index is -0.294. The summed E-state index contributed by atoms with van der Waals surface area (Å²) in [4.78, 5) is 24.9. The molecule has 0 radical (unpaired) electrons. The molecule has 2 heterocycles. The molecular weight excluding hydrogens is 266 g/mol. The molecule has 6 heteroatoms. The molecule has 100 valence electrons. The maximum Gasteiger partial charge on any atom is 0.331 e. The van der Waals surface area contributed by atoms with Gasteiger partial charge >= 0.3 is 5.69 Å². The molecule has 0 amide bonds. The molecule has 0 aliphatic carbocycles. The van der Waals surface area contributed by atoms with Gasteiger partial charge in [0.05, 0.1) is 22.0 Å². The van der Waals surface area contributed by atoms with Gasteiger partial charge in [0.15, 0.2) is 0 Å². The Labute approximate surface area is 114 Å². The topological polar surface area (TPSA) is 56.0 Å². The highest BCUT2D eigenvalue weighted by atomic mass is 35.5. The number of nitrogens with zero attached hydrogens (tertiary/aromatic N) is 2. The number of halogens is 1. The minimum Gasteiger partial charge on any atom is -0.315 e. The van der Waals surface area contributed by atoms with Crippen molar-refractivity contribution in [3.63, 3.8) is 0 Å². The molecule has 0 bridgehead atoms. The number of benzene rings is 1. The Hall–Kier alpha value is -1.59. The van der Waals surface area contributed by atoms with Gasteiger partial charge in [0, 0.05) is 13.6 Å². The fourth-order valence-corrected chi connectivity index (χ4v) is 2.91. The van der Waals surface area contributed by atoms with Crippen LogP contribution in [0.5, 0.6) is 0 Å². The summed E-state index contributed by atoms with van der Waals surface area (Å²) >= 11 is 6.12. The van der Waals surface area contributed by atoms with Crippen molar-refractivity contribution in [3.8, 4) is 0 Å². The van der Waals surface area contributed by atoms with Crippen LogP contribution in [0.2, 0.25) is 5.02 Å². The predicted molar refractivity (Wildman–Crippen MR) is 75.0 cm³/mol. The van der Waals surface area contributed by atoms with E-state index in [1.807, 2.05) is 0 Å². The minimum absolute atomic E-state index is 0.0909. The Morgan fingerprint density at radius 3 is 2.84 bits per heavy atom. The Kier molecular flexibility index (Phi) is 2.95. The van der Waals surface area contributed by atoms with E-state index in [1.54, 1.807) is 25.2 Å². The van der Waals surface area contributed by atoms with Crippen molar-refractivity contribution in [2.24, 2.45) is 7.05 Å². The zero-order valence-corrected chi connectivity index (χ0v) is 11.3. The first-order valence-corrected chi connectivity index (χ1v) is 6.59. The van der Waals surface area contributed by atoms with Gasteiger partial charge in [-0.15, -0.1) is 0 Å². The SMILES string of the molecule is Cn1c(=O)n(C2CCNC2)c(=O)c2c(Cl)cccc21. The summed E-state index contributed by atoms with van der Waals surface area (Å²) in [5.74, 6) is 0. The molecule has 19 heavy (non-hydrogen) atoms. The maximum atomic E-state index is 12.5. The lowest BCUT2D eigenvalue weighted by Crippen LogP contribution is -2.42. The number of hydrogen-bond acceptors (Lipinski definition) is 3. The molecule has 1 atom stereocenters. The smallest absolute Gasteiger partial charge is 0.315 e. The van der Waals surface area contributed by atoms with E-state index in [0.29, 0.717) is 22.5 Å². The lowest BCUT2D eigenvalue weighted by atomic mass is 10.2. The van der Waals surface area contributed by atoms with Crippen molar-refractivity contribution in [3.05, 3.63) is 44.1 Å². The van der Waals surface area contributed by atoms with E-state index in [-0.39, 0.29) is 17.3 Å². The van der Waals surface area contributed by atoms with Gasteiger partial charge in [0.2, 0.25) is 0 Å². The van der Waals surface area contributed by atoms with Crippen LogP contribution in [0.4, 0.5) is 0 Å². The molecule has 1 aromatic carbocycles. The molecule has 1 aliphatic rings. The molecule has 1 fully saturated rings. The van der Waals surface area contributed by atoms with Gasteiger partial charge in [-0.3, -0.25) is 13.9 Å². The van der Waals surface area contributed by atoms with Crippen molar-refractivity contribution in [1.29, 1.82) is 0 Å². The Balaban J connectivity index is 2.43. The Morgan fingerprint density at radius 2 is 2.16 bits per heavy atom. The highest BCUT2D eigenvalue weighted by Crippen LogP contribution is 2.19. The molecule has 3 rings (SSSR count). The van der Waals surface area contributed by atoms with E-state index in [4.69, 9.17) is 11.6 Å². The largest absolute Gasteiger partial charge is 0.331 e. The number of hydrogen-bond donors (Lipinski definition) is 1. The van der Waals surface area contributed by atoms with E-state index in [9.17, 15) is 9.59 Å². The summed E-state index contributed by atoms with van der Waals surface area (Å²) in [6.45, 7) is 1.46. The van der Waals surface area contributed by atoms with Crippen LogP contribution in [-0.2, 0) is 7.05 Å². The van der Waals surface area contributed by atoms with Crippen molar-refractivity contribution < 1.29 is 0 Å². The second-order valence-corrected chi connectivity index (χ2v) is 5.20. The molecule has 1 aliphatic heterocycles. The second-order valence-electron chi connectivity index (χ2n) is 4.80. The summed E-state index contributed by atoms with van der Waals surface area (Å²) in [5.41, 5.74) is -0.00410. The van der Waals surface area contributed by atoms with E-state index in [0.717, 1.165) is 13.0 Å². The molecule has 0 spiro atoms. The van der Waals surface area contributed by atoms with Gasteiger partial charge in [-0.05, 0) is 25.1 Å². The third-order valence-corrected chi connectivity index (χ3v) is 3.99. The van der Waals surface area contributed by atoms with Crippen LogP contribution in [0.1, 0.15) is 12.5 Å². The first kappa shape index (κ1) is 12.4. The first-order valence-electron chi connectivity index (χ1n) is 6.21. The van der Waals surface area contributed by atoms with Crippen LogP contribution >= 0.6 is 11.6 Å². The third kappa shape index (κ3) is 1.81. The van der Waals surface area contributed by atoms with Crippen LogP contribution in [0.15, 0.2) is 27.8 Å². The Bertz CT molecular complexity index is 757. The van der Waals surface area contributed by atoms with Crippen LogP contribution in [0.3, 0.4) is 0 Å². The highest BCUT2D eigenvalue weighted by Gasteiger charge is 2.22. The zero-order chi connectivity index (χ0) is 13.6. The molecule has 1 aromatic heterocycles. The van der Waals surface area contributed by atoms with Crippen LogP contribution in [-0.4, -0.2) is 22.2 Å². The monoisotopic (exact) mass is 279 g/mol. The summed E-state index contributed by atoms with van der Waals surface area (Å²) in [6.07, 6.45) is 0.783. The standard InChI is InChI=1S/C13H14ClN3O2/c1-16-10-4-2-3-9(14)11(10)12(18)17(13(16)19)8-5-6-15-7-8/h2-4,8,15H,5-7H2,1H3. The third-order valence-electron chi connectivity index (χ3n) is 3.68. The molecule has 0 saturated carbocycles. The molecule has 1 saturated heterocycles. The maximum absolute atomic E-state index is 12.5. The molecular formula is C13H14ClN3O2. The zero-order valence-electron chi connectivity index (χ0n) is 10.5. The molecule has 1 N–H and O–H groups in total. The number of rotatable bonds is 1. The number of fused-ring (bicyclic) bond motifs is 1. The van der Waals surface area contributed by atoms with Crippen LogP contribution in [0, 0.1) is 0 Å². The quantitative estimate of drug-likeness (QED) is 0.843. The van der Waals surface area contributed by atoms with Crippen molar-refractivity contribution in [2.75, 3.05) is 13.1 Å². The van der Waals surface area contributed by atoms with Crippen molar-refractivity contribution >= 4 is 22.5 Å². The van der Waals surface area contributed by atoms with Crippen LogP contribution in [0.25, 0.3) is 10.9 Å². The number of aryl methyl sites for hydroxylation is 1. The average Bonchev–Trinajstić information content (AvgIpc) is 2.90. The second kappa shape index (κ2) is 4.51. The fraction of sp³-hybridized carbons (Fsp3) is 0.385. The fourth-order valence-electron chi connectivity index (χ4n) is 2.66. The summed E-state index contributed by atoms with van der Waals surface area (Å²) in [7, 11) is 1.67. The average molecular weight is 280 g/mol. The van der Waals surface area contributed by atoms with Gasteiger partial charge in [-0.1, -0.05) is 17.7 Å². The van der Waals surface area contributed by atoms with Gasteiger partial charge in [0.1, 0.15) is 0 Å². The van der Waals surface area contributed by atoms with E-state index < -0.39 is 0 Å². The number of nitrogens with one attached hydrogen (secondary N) is 1.